The van der Waals surface area contributed by atoms with Crippen LogP contribution in [0.4, 0.5) is 0 Å². The van der Waals surface area contributed by atoms with E-state index in [-0.39, 0.29) is 12.5 Å². The van der Waals surface area contributed by atoms with Crippen LogP contribution in [0.5, 0.6) is 5.75 Å². The minimum absolute atomic E-state index is 0.133. The maximum absolute atomic E-state index is 11.6. The molecule has 1 atom stereocenters. The summed E-state index contributed by atoms with van der Waals surface area (Å²) in [5.74, 6) is -0.181. The van der Waals surface area contributed by atoms with Crippen molar-refractivity contribution >= 4 is 11.9 Å². The Morgan fingerprint density at radius 3 is 2.63 bits per heavy atom. The number of aryl methyl sites for hydroxylation is 2. The van der Waals surface area contributed by atoms with Crippen LogP contribution in [-0.4, -0.2) is 31.6 Å². The fourth-order valence-corrected chi connectivity index (χ4v) is 1.52. The average Bonchev–Trinajstić information content (AvgIpc) is 2.38. The van der Waals surface area contributed by atoms with E-state index in [1.807, 2.05) is 32.0 Å². The van der Waals surface area contributed by atoms with Gasteiger partial charge in [0.1, 0.15) is 11.8 Å². The van der Waals surface area contributed by atoms with Crippen molar-refractivity contribution in [1.82, 2.24) is 5.32 Å². The van der Waals surface area contributed by atoms with Crippen LogP contribution in [0.25, 0.3) is 0 Å². The second-order valence-electron chi connectivity index (χ2n) is 4.37. The van der Waals surface area contributed by atoms with Crippen LogP contribution in [0.15, 0.2) is 18.2 Å². The normalized spacial score (nSPS) is 11.6. The number of ether oxygens (including phenoxy) is 2. The van der Waals surface area contributed by atoms with Gasteiger partial charge >= 0.3 is 5.97 Å². The monoisotopic (exact) mass is 265 g/mol. The highest BCUT2D eigenvalue weighted by atomic mass is 16.5. The van der Waals surface area contributed by atoms with E-state index in [4.69, 9.17) is 4.74 Å². The molecule has 0 spiro atoms. The third kappa shape index (κ3) is 4.62. The summed E-state index contributed by atoms with van der Waals surface area (Å²) in [4.78, 5) is 22.7. The van der Waals surface area contributed by atoms with Crippen molar-refractivity contribution in [3.63, 3.8) is 0 Å². The van der Waals surface area contributed by atoms with Crippen molar-refractivity contribution in [2.24, 2.45) is 0 Å². The van der Waals surface area contributed by atoms with Crippen LogP contribution in [0, 0.1) is 13.8 Å². The molecule has 0 saturated heterocycles. The quantitative estimate of drug-likeness (QED) is 0.816. The van der Waals surface area contributed by atoms with Crippen molar-refractivity contribution in [3.05, 3.63) is 29.3 Å². The summed E-state index contributed by atoms with van der Waals surface area (Å²) in [6, 6.07) is 5.09. The first-order valence-corrected chi connectivity index (χ1v) is 6.01. The number of hydrogen-bond donors (Lipinski definition) is 1. The lowest BCUT2D eigenvalue weighted by Crippen LogP contribution is -2.41. The maximum atomic E-state index is 11.6. The van der Waals surface area contributed by atoms with Gasteiger partial charge in [-0.15, -0.1) is 0 Å². The largest absolute Gasteiger partial charge is 0.483 e. The number of amides is 1. The SMILES string of the molecule is COC(=O)C(C)NC(=O)COc1cc(C)ccc1C. The van der Waals surface area contributed by atoms with Gasteiger partial charge in [-0.05, 0) is 38.0 Å². The molecule has 0 aliphatic rings. The van der Waals surface area contributed by atoms with Gasteiger partial charge in [-0.3, -0.25) is 4.79 Å². The zero-order chi connectivity index (χ0) is 14.4. The lowest BCUT2D eigenvalue weighted by Gasteiger charge is -2.13. The number of hydrogen-bond acceptors (Lipinski definition) is 4. The molecule has 1 unspecified atom stereocenters. The summed E-state index contributed by atoms with van der Waals surface area (Å²) in [5.41, 5.74) is 2.02. The van der Waals surface area contributed by atoms with Crippen molar-refractivity contribution in [1.29, 1.82) is 0 Å². The van der Waals surface area contributed by atoms with Crippen molar-refractivity contribution in [3.8, 4) is 5.75 Å². The molecule has 5 nitrogen and oxygen atoms in total. The molecule has 104 valence electrons. The Hall–Kier alpha value is -2.04. The van der Waals surface area contributed by atoms with Crippen LogP contribution >= 0.6 is 0 Å². The number of rotatable bonds is 5. The molecule has 0 aliphatic carbocycles. The highest BCUT2D eigenvalue weighted by Gasteiger charge is 2.16. The van der Waals surface area contributed by atoms with Crippen LogP contribution in [-0.2, 0) is 14.3 Å². The Balaban J connectivity index is 2.50. The standard InChI is InChI=1S/C14H19NO4/c1-9-5-6-10(2)12(7-9)19-8-13(16)15-11(3)14(17)18-4/h5-7,11H,8H2,1-4H3,(H,15,16). The summed E-state index contributed by atoms with van der Waals surface area (Å²) in [5, 5.41) is 2.50. The van der Waals surface area contributed by atoms with Crippen LogP contribution in [0.1, 0.15) is 18.1 Å². The Kier molecular flexibility index (Phi) is 5.36. The molecule has 0 aliphatic heterocycles. The van der Waals surface area contributed by atoms with E-state index in [0.29, 0.717) is 5.75 Å². The molecule has 5 heteroatoms. The number of esters is 1. The highest BCUT2D eigenvalue weighted by molar-refractivity contribution is 5.84. The number of carbonyl (C=O) groups excluding carboxylic acids is 2. The molecule has 0 heterocycles. The van der Waals surface area contributed by atoms with E-state index in [1.54, 1.807) is 6.92 Å². The first kappa shape index (κ1) is 15.0. The summed E-state index contributed by atoms with van der Waals surface area (Å²) in [6.07, 6.45) is 0. The van der Waals surface area contributed by atoms with Gasteiger partial charge in [0.25, 0.3) is 5.91 Å². The molecular weight excluding hydrogens is 246 g/mol. The third-order valence-electron chi connectivity index (χ3n) is 2.63. The molecule has 1 amide bonds. The summed E-state index contributed by atoms with van der Waals surface area (Å²) < 4.78 is 9.95. The Morgan fingerprint density at radius 2 is 2.00 bits per heavy atom. The smallest absolute Gasteiger partial charge is 0.328 e. The van der Waals surface area contributed by atoms with Gasteiger partial charge in [-0.25, -0.2) is 4.79 Å². The Labute approximate surface area is 112 Å². The van der Waals surface area contributed by atoms with Gasteiger partial charge in [-0.2, -0.15) is 0 Å². The van der Waals surface area contributed by atoms with Crippen LogP contribution < -0.4 is 10.1 Å². The molecule has 1 aromatic carbocycles. The first-order valence-electron chi connectivity index (χ1n) is 6.01. The summed E-state index contributed by atoms with van der Waals surface area (Å²) in [6.45, 7) is 5.28. The number of carbonyl (C=O) groups is 2. The minimum Gasteiger partial charge on any atom is -0.483 e. The maximum Gasteiger partial charge on any atom is 0.328 e. The highest BCUT2D eigenvalue weighted by Crippen LogP contribution is 2.18. The molecule has 0 aromatic heterocycles. The van der Waals surface area contributed by atoms with E-state index in [1.165, 1.54) is 7.11 Å². The zero-order valence-corrected chi connectivity index (χ0v) is 11.6. The lowest BCUT2D eigenvalue weighted by atomic mass is 10.1. The molecule has 1 rings (SSSR count). The van der Waals surface area contributed by atoms with Gasteiger partial charge in [0.05, 0.1) is 7.11 Å². The van der Waals surface area contributed by atoms with Crippen molar-refractivity contribution in [2.75, 3.05) is 13.7 Å². The van der Waals surface area contributed by atoms with E-state index < -0.39 is 12.0 Å². The summed E-state index contributed by atoms with van der Waals surface area (Å²) >= 11 is 0. The minimum atomic E-state index is -0.681. The summed E-state index contributed by atoms with van der Waals surface area (Å²) in [7, 11) is 1.28. The lowest BCUT2D eigenvalue weighted by molar-refractivity contribution is -0.144. The van der Waals surface area contributed by atoms with Crippen LogP contribution in [0.3, 0.4) is 0 Å². The molecule has 19 heavy (non-hydrogen) atoms. The molecular formula is C14H19NO4. The number of nitrogens with one attached hydrogen (secondary N) is 1. The fourth-order valence-electron chi connectivity index (χ4n) is 1.52. The Bertz CT molecular complexity index is 471. The molecule has 0 saturated carbocycles. The molecule has 0 radical (unpaired) electrons. The second-order valence-corrected chi connectivity index (χ2v) is 4.37. The molecule has 1 N–H and O–H groups in total. The predicted molar refractivity (Wildman–Crippen MR) is 71.0 cm³/mol. The molecule has 0 fully saturated rings. The number of methoxy groups -OCH3 is 1. The fraction of sp³-hybridized carbons (Fsp3) is 0.429. The van der Waals surface area contributed by atoms with Gasteiger partial charge in [0.2, 0.25) is 0 Å². The van der Waals surface area contributed by atoms with E-state index in [0.717, 1.165) is 11.1 Å². The second kappa shape index (κ2) is 6.78. The van der Waals surface area contributed by atoms with Gasteiger partial charge < -0.3 is 14.8 Å². The predicted octanol–water partition coefficient (Wildman–Crippen LogP) is 1.36. The van der Waals surface area contributed by atoms with E-state index >= 15 is 0 Å². The molecule has 0 bridgehead atoms. The van der Waals surface area contributed by atoms with Gasteiger partial charge in [0.15, 0.2) is 6.61 Å². The van der Waals surface area contributed by atoms with Crippen molar-refractivity contribution < 1.29 is 19.1 Å². The first-order chi connectivity index (χ1) is 8.93. The van der Waals surface area contributed by atoms with Gasteiger partial charge in [-0.1, -0.05) is 12.1 Å². The van der Waals surface area contributed by atoms with E-state index in [9.17, 15) is 9.59 Å². The van der Waals surface area contributed by atoms with E-state index in [2.05, 4.69) is 10.1 Å². The van der Waals surface area contributed by atoms with Crippen LogP contribution in [0.2, 0.25) is 0 Å². The number of benzene rings is 1. The van der Waals surface area contributed by atoms with Gasteiger partial charge in [0, 0.05) is 0 Å². The Morgan fingerprint density at radius 1 is 1.32 bits per heavy atom. The average molecular weight is 265 g/mol. The third-order valence-corrected chi connectivity index (χ3v) is 2.63. The molecule has 1 aromatic rings. The van der Waals surface area contributed by atoms with Crippen molar-refractivity contribution in [2.45, 2.75) is 26.8 Å². The zero-order valence-electron chi connectivity index (χ0n) is 11.6. The topological polar surface area (TPSA) is 64.6 Å².